The van der Waals surface area contributed by atoms with Gasteiger partial charge in [0, 0.05) is 6.92 Å². The van der Waals surface area contributed by atoms with E-state index in [1.807, 2.05) is 0 Å². The van der Waals surface area contributed by atoms with Crippen LogP contribution in [0.2, 0.25) is 0 Å². The SMILES string of the molecule is CC(=O)O/C=C/F. The Kier molecular flexibility index (Phi) is 2.92. The van der Waals surface area contributed by atoms with Crippen molar-refractivity contribution in [2.45, 2.75) is 6.92 Å². The summed E-state index contributed by atoms with van der Waals surface area (Å²) in [5.41, 5.74) is 0. The Labute approximate surface area is 40.6 Å². The van der Waals surface area contributed by atoms with Crippen molar-refractivity contribution in [1.29, 1.82) is 0 Å². The van der Waals surface area contributed by atoms with E-state index in [0.29, 0.717) is 6.26 Å². The van der Waals surface area contributed by atoms with E-state index in [0.717, 1.165) is 0 Å². The molecule has 0 unspecified atom stereocenters. The van der Waals surface area contributed by atoms with Gasteiger partial charge < -0.3 is 4.74 Å². The Morgan fingerprint density at radius 3 is 2.57 bits per heavy atom. The summed E-state index contributed by atoms with van der Waals surface area (Å²) in [4.78, 5) is 9.76. The van der Waals surface area contributed by atoms with E-state index >= 15 is 0 Å². The van der Waals surface area contributed by atoms with Crippen molar-refractivity contribution in [3.8, 4) is 0 Å². The zero-order chi connectivity index (χ0) is 5.70. The molecule has 7 heavy (non-hydrogen) atoms. The summed E-state index contributed by atoms with van der Waals surface area (Å²) in [6.45, 7) is 1.19. The molecular formula is C4H5FO2. The zero-order valence-electron chi connectivity index (χ0n) is 3.85. The van der Waals surface area contributed by atoms with Crippen molar-refractivity contribution in [3.05, 3.63) is 12.6 Å². The first-order valence-corrected chi connectivity index (χ1v) is 1.70. The van der Waals surface area contributed by atoms with E-state index in [1.165, 1.54) is 6.92 Å². The minimum absolute atomic E-state index is 0.154. The number of esters is 1. The molecule has 40 valence electrons. The van der Waals surface area contributed by atoms with Crippen LogP contribution in [0.3, 0.4) is 0 Å². The van der Waals surface area contributed by atoms with Crippen molar-refractivity contribution in [3.63, 3.8) is 0 Å². The maximum absolute atomic E-state index is 10.9. The summed E-state index contributed by atoms with van der Waals surface area (Å²) in [6.07, 6.45) is 0.837. The lowest BCUT2D eigenvalue weighted by molar-refractivity contribution is -0.135. The molecule has 0 heterocycles. The molecular weight excluding hydrogens is 99.0 g/mol. The predicted molar refractivity (Wildman–Crippen MR) is 22.0 cm³/mol. The number of hydrogen-bond donors (Lipinski definition) is 0. The first-order valence-electron chi connectivity index (χ1n) is 1.70. The molecule has 0 aliphatic carbocycles. The number of halogens is 1. The number of carbonyl (C=O) groups excluding carboxylic acids is 1. The molecule has 0 bridgehead atoms. The lowest BCUT2D eigenvalue weighted by Gasteiger charge is -1.84. The van der Waals surface area contributed by atoms with Gasteiger partial charge >= 0.3 is 5.97 Å². The standard InChI is InChI=1S/C4H5FO2/c1-4(6)7-3-2-5/h2-3H,1H3/b3-2+. The molecule has 2 nitrogen and oxygen atoms in total. The molecule has 0 aromatic rings. The second kappa shape index (κ2) is 3.33. The molecule has 0 saturated carbocycles. The molecule has 0 aromatic heterocycles. The van der Waals surface area contributed by atoms with Gasteiger partial charge in [-0.05, 0) is 0 Å². The van der Waals surface area contributed by atoms with Crippen molar-refractivity contribution < 1.29 is 13.9 Å². The fraction of sp³-hybridized carbons (Fsp3) is 0.250. The Morgan fingerprint density at radius 2 is 2.43 bits per heavy atom. The van der Waals surface area contributed by atoms with E-state index in [4.69, 9.17) is 0 Å². The monoisotopic (exact) mass is 104 g/mol. The normalized spacial score (nSPS) is 9.43. The van der Waals surface area contributed by atoms with Gasteiger partial charge in [0.25, 0.3) is 0 Å². The third-order valence-corrected chi connectivity index (χ3v) is 0.285. The number of ether oxygens (including phenoxy) is 1. The second-order valence-corrected chi connectivity index (χ2v) is 0.872. The van der Waals surface area contributed by atoms with Crippen LogP contribution < -0.4 is 0 Å². The van der Waals surface area contributed by atoms with Crippen LogP contribution >= 0.6 is 0 Å². The van der Waals surface area contributed by atoms with Crippen LogP contribution in [0.15, 0.2) is 12.6 Å². The molecule has 0 aliphatic heterocycles. The van der Waals surface area contributed by atoms with Crippen molar-refractivity contribution >= 4 is 5.97 Å². The summed E-state index contributed by atoms with van der Waals surface area (Å²) < 4.78 is 14.9. The van der Waals surface area contributed by atoms with Gasteiger partial charge in [0.1, 0.15) is 12.6 Å². The third kappa shape index (κ3) is 5.14. The highest BCUT2D eigenvalue weighted by Crippen LogP contribution is 1.77. The van der Waals surface area contributed by atoms with Gasteiger partial charge in [-0.2, -0.15) is 0 Å². The van der Waals surface area contributed by atoms with Crippen LogP contribution in [0, 0.1) is 0 Å². The van der Waals surface area contributed by atoms with E-state index in [9.17, 15) is 9.18 Å². The quantitative estimate of drug-likeness (QED) is 0.366. The van der Waals surface area contributed by atoms with Crippen LogP contribution in [-0.2, 0) is 9.53 Å². The van der Waals surface area contributed by atoms with Crippen LogP contribution in [-0.4, -0.2) is 5.97 Å². The number of carbonyl (C=O) groups is 1. The second-order valence-electron chi connectivity index (χ2n) is 0.872. The summed E-state index contributed by atoms with van der Waals surface area (Å²) in [6, 6.07) is 0. The smallest absolute Gasteiger partial charge is 0.307 e. The maximum atomic E-state index is 10.9. The highest BCUT2D eigenvalue weighted by molar-refractivity contribution is 5.66. The van der Waals surface area contributed by atoms with E-state index in [1.54, 1.807) is 0 Å². The average molecular weight is 104 g/mol. The first-order chi connectivity index (χ1) is 3.27. The molecule has 0 N–H and O–H groups in total. The highest BCUT2D eigenvalue weighted by atomic mass is 19.1. The minimum atomic E-state index is -0.520. The first kappa shape index (κ1) is 6.14. The van der Waals surface area contributed by atoms with Crippen molar-refractivity contribution in [1.82, 2.24) is 0 Å². The molecule has 0 atom stereocenters. The third-order valence-electron chi connectivity index (χ3n) is 0.285. The summed E-state index contributed by atoms with van der Waals surface area (Å²) in [7, 11) is 0. The van der Waals surface area contributed by atoms with Gasteiger partial charge in [-0.15, -0.1) is 0 Å². The molecule has 0 rings (SSSR count). The largest absolute Gasteiger partial charge is 0.432 e. The van der Waals surface area contributed by atoms with Crippen LogP contribution in [0.25, 0.3) is 0 Å². The molecule has 0 amide bonds. The molecule has 0 aliphatic rings. The summed E-state index contributed by atoms with van der Waals surface area (Å²) >= 11 is 0. The Balaban J connectivity index is 3.14. The van der Waals surface area contributed by atoms with Crippen LogP contribution in [0.4, 0.5) is 4.39 Å². The molecule has 0 radical (unpaired) electrons. The fourth-order valence-corrected chi connectivity index (χ4v) is 0.122. The van der Waals surface area contributed by atoms with E-state index < -0.39 is 5.97 Å². The predicted octanol–water partition coefficient (Wildman–Crippen LogP) is 0.990. The van der Waals surface area contributed by atoms with Gasteiger partial charge in [0.2, 0.25) is 0 Å². The molecule has 3 heteroatoms. The van der Waals surface area contributed by atoms with Gasteiger partial charge in [0.05, 0.1) is 0 Å². The van der Waals surface area contributed by atoms with Gasteiger partial charge in [-0.25, -0.2) is 4.39 Å². The van der Waals surface area contributed by atoms with Gasteiger partial charge in [-0.3, -0.25) is 4.79 Å². The Morgan fingerprint density at radius 1 is 1.86 bits per heavy atom. The molecule has 0 fully saturated rings. The van der Waals surface area contributed by atoms with Gasteiger partial charge in [0.15, 0.2) is 0 Å². The van der Waals surface area contributed by atoms with E-state index in [2.05, 4.69) is 4.74 Å². The number of hydrogen-bond acceptors (Lipinski definition) is 2. The lowest BCUT2D eigenvalue weighted by Crippen LogP contribution is -1.88. The molecule has 0 saturated heterocycles. The summed E-state index contributed by atoms with van der Waals surface area (Å²) in [5, 5.41) is 0. The van der Waals surface area contributed by atoms with Crippen molar-refractivity contribution in [2.75, 3.05) is 0 Å². The molecule has 0 aromatic carbocycles. The minimum Gasteiger partial charge on any atom is -0.432 e. The highest BCUT2D eigenvalue weighted by Gasteiger charge is 1.81. The Bertz CT molecular complexity index is 87.7. The fourth-order valence-electron chi connectivity index (χ4n) is 0.122. The Hall–Kier alpha value is -0.860. The summed E-state index contributed by atoms with van der Waals surface area (Å²) in [5.74, 6) is -0.520. The lowest BCUT2D eigenvalue weighted by atomic mass is 10.8. The average Bonchev–Trinajstić information content (AvgIpc) is 1.61. The van der Waals surface area contributed by atoms with Crippen LogP contribution in [0.1, 0.15) is 6.92 Å². The number of rotatable bonds is 1. The zero-order valence-corrected chi connectivity index (χ0v) is 3.85. The van der Waals surface area contributed by atoms with Gasteiger partial charge in [-0.1, -0.05) is 0 Å². The van der Waals surface area contributed by atoms with Crippen LogP contribution in [0.5, 0.6) is 0 Å². The van der Waals surface area contributed by atoms with Crippen molar-refractivity contribution in [2.24, 2.45) is 0 Å². The molecule has 0 spiro atoms. The van der Waals surface area contributed by atoms with E-state index in [-0.39, 0.29) is 6.33 Å². The maximum Gasteiger partial charge on any atom is 0.307 e. The topological polar surface area (TPSA) is 26.3 Å².